The molecule has 2 heterocycles. The minimum atomic E-state index is -0.200. The minimum Gasteiger partial charge on any atom is -0.361 e. The molecule has 3 rings (SSSR count). The van der Waals surface area contributed by atoms with Crippen molar-refractivity contribution in [1.82, 2.24) is 15.3 Å². The third-order valence-electron chi connectivity index (χ3n) is 3.62. The molecule has 0 radical (unpaired) electrons. The number of aryl methyl sites for hydroxylation is 1. The molecule has 0 unspecified atom stereocenters. The number of nitrogens with zero attached hydrogens (tertiary/aromatic N) is 1. The maximum absolute atomic E-state index is 11.9. The van der Waals surface area contributed by atoms with Gasteiger partial charge < -0.3 is 15.6 Å². The number of H-pyrrole nitrogens is 1. The number of benzene rings is 1. The molecule has 3 N–H and O–H groups in total. The normalized spacial score (nSPS) is 10.6. The fourth-order valence-electron chi connectivity index (χ4n) is 2.43. The predicted molar refractivity (Wildman–Crippen MR) is 88.0 cm³/mol. The summed E-state index contributed by atoms with van der Waals surface area (Å²) in [6.07, 6.45) is 6.17. The van der Waals surface area contributed by atoms with Crippen LogP contribution in [0.5, 0.6) is 0 Å². The van der Waals surface area contributed by atoms with Crippen LogP contribution in [0, 0.1) is 6.92 Å². The summed E-state index contributed by atoms with van der Waals surface area (Å²) in [5.41, 5.74) is 4.04. The molecule has 0 saturated carbocycles. The van der Waals surface area contributed by atoms with Gasteiger partial charge in [0, 0.05) is 41.7 Å². The number of rotatable bonds is 4. The Hall–Kier alpha value is -2.82. The Labute approximate surface area is 128 Å². The van der Waals surface area contributed by atoms with Crippen LogP contribution < -0.4 is 10.6 Å². The average molecular weight is 294 g/mol. The number of pyridine rings is 1. The monoisotopic (exact) mass is 294 g/mol. The van der Waals surface area contributed by atoms with Crippen LogP contribution in [0.1, 0.15) is 11.1 Å². The van der Waals surface area contributed by atoms with Gasteiger partial charge in [0.2, 0.25) is 0 Å². The number of carbonyl (C=O) groups excluding carboxylic acids is 1. The lowest BCUT2D eigenvalue weighted by molar-refractivity contribution is 0.252. The second kappa shape index (κ2) is 6.30. The molecule has 1 aromatic carbocycles. The van der Waals surface area contributed by atoms with Crippen LogP contribution in [-0.2, 0) is 6.42 Å². The van der Waals surface area contributed by atoms with Gasteiger partial charge >= 0.3 is 6.03 Å². The molecule has 0 bridgehead atoms. The summed E-state index contributed by atoms with van der Waals surface area (Å²) in [6.45, 7) is 2.49. The first kappa shape index (κ1) is 14.1. The summed E-state index contributed by atoms with van der Waals surface area (Å²) in [4.78, 5) is 19.1. The lowest BCUT2D eigenvalue weighted by Crippen LogP contribution is -2.30. The van der Waals surface area contributed by atoms with Crippen LogP contribution in [0.25, 0.3) is 10.9 Å². The van der Waals surface area contributed by atoms with Gasteiger partial charge in [-0.1, -0.05) is 18.2 Å². The number of amides is 2. The zero-order valence-corrected chi connectivity index (χ0v) is 12.4. The van der Waals surface area contributed by atoms with Crippen LogP contribution in [0.3, 0.4) is 0 Å². The lowest BCUT2D eigenvalue weighted by Gasteiger charge is -2.09. The van der Waals surface area contributed by atoms with E-state index in [2.05, 4.69) is 26.7 Å². The number of aromatic amines is 1. The van der Waals surface area contributed by atoms with E-state index in [4.69, 9.17) is 0 Å². The number of aromatic nitrogens is 2. The van der Waals surface area contributed by atoms with Crippen molar-refractivity contribution in [3.63, 3.8) is 0 Å². The van der Waals surface area contributed by atoms with E-state index < -0.39 is 0 Å². The van der Waals surface area contributed by atoms with Crippen molar-refractivity contribution in [2.45, 2.75) is 13.3 Å². The summed E-state index contributed by atoms with van der Waals surface area (Å²) in [5.74, 6) is 0. The number of carbonyl (C=O) groups is 1. The Balaban J connectivity index is 1.55. The van der Waals surface area contributed by atoms with Crippen molar-refractivity contribution in [3.05, 3.63) is 60.0 Å². The van der Waals surface area contributed by atoms with E-state index in [0.717, 1.165) is 23.2 Å². The smallest absolute Gasteiger partial charge is 0.319 e. The standard InChI is InChI=1S/C17H18N4O/c1-12-10-18-8-7-15(12)21-17(22)19-9-6-13-11-20-16-5-3-2-4-14(13)16/h2-5,7-8,10-11,20H,6,9H2,1H3,(H2,18,19,21,22). The van der Waals surface area contributed by atoms with E-state index in [0.29, 0.717) is 6.54 Å². The number of hydrogen-bond acceptors (Lipinski definition) is 2. The highest BCUT2D eigenvalue weighted by Gasteiger charge is 2.05. The van der Waals surface area contributed by atoms with E-state index in [1.807, 2.05) is 31.3 Å². The second-order valence-corrected chi connectivity index (χ2v) is 5.18. The molecule has 2 aromatic heterocycles. The van der Waals surface area contributed by atoms with Crippen molar-refractivity contribution in [2.75, 3.05) is 11.9 Å². The Bertz CT molecular complexity index is 794. The van der Waals surface area contributed by atoms with Gasteiger partial charge in [-0.3, -0.25) is 4.98 Å². The van der Waals surface area contributed by atoms with Gasteiger partial charge in [0.15, 0.2) is 0 Å². The molecular formula is C17H18N4O. The number of nitrogens with one attached hydrogen (secondary N) is 3. The topological polar surface area (TPSA) is 69.8 Å². The summed E-state index contributed by atoms with van der Waals surface area (Å²) < 4.78 is 0. The molecule has 3 aromatic rings. The summed E-state index contributed by atoms with van der Waals surface area (Å²) in [7, 11) is 0. The van der Waals surface area contributed by atoms with Gasteiger partial charge in [0.25, 0.3) is 0 Å². The van der Waals surface area contributed by atoms with Gasteiger partial charge in [-0.05, 0) is 36.6 Å². The second-order valence-electron chi connectivity index (χ2n) is 5.18. The van der Waals surface area contributed by atoms with Crippen molar-refractivity contribution in [1.29, 1.82) is 0 Å². The van der Waals surface area contributed by atoms with Gasteiger partial charge in [0.05, 0.1) is 0 Å². The quantitative estimate of drug-likeness (QED) is 0.691. The first-order chi connectivity index (χ1) is 10.7. The van der Waals surface area contributed by atoms with Crippen LogP contribution >= 0.6 is 0 Å². The number of para-hydroxylation sites is 1. The highest BCUT2D eigenvalue weighted by atomic mass is 16.2. The first-order valence-electron chi connectivity index (χ1n) is 7.24. The molecule has 0 fully saturated rings. The molecule has 2 amide bonds. The molecule has 0 aliphatic heterocycles. The molecular weight excluding hydrogens is 276 g/mol. The largest absolute Gasteiger partial charge is 0.361 e. The van der Waals surface area contributed by atoms with Crippen molar-refractivity contribution >= 4 is 22.6 Å². The maximum atomic E-state index is 11.9. The van der Waals surface area contributed by atoms with Gasteiger partial charge in [-0.2, -0.15) is 0 Å². The average Bonchev–Trinajstić information content (AvgIpc) is 2.93. The van der Waals surface area contributed by atoms with Crippen molar-refractivity contribution in [2.24, 2.45) is 0 Å². The highest BCUT2D eigenvalue weighted by molar-refractivity contribution is 5.90. The molecule has 0 aliphatic carbocycles. The van der Waals surface area contributed by atoms with Crippen LogP contribution in [0.15, 0.2) is 48.9 Å². The molecule has 22 heavy (non-hydrogen) atoms. The number of urea groups is 1. The van der Waals surface area contributed by atoms with Gasteiger partial charge in [-0.25, -0.2) is 4.79 Å². The third kappa shape index (κ3) is 3.09. The fourth-order valence-corrected chi connectivity index (χ4v) is 2.43. The highest BCUT2D eigenvalue weighted by Crippen LogP contribution is 2.17. The molecule has 5 nitrogen and oxygen atoms in total. The van der Waals surface area contributed by atoms with Crippen LogP contribution in [0.2, 0.25) is 0 Å². The van der Waals surface area contributed by atoms with E-state index in [9.17, 15) is 4.79 Å². The Kier molecular flexibility index (Phi) is 4.05. The molecule has 0 spiro atoms. The molecule has 0 aliphatic rings. The number of fused-ring (bicyclic) bond motifs is 1. The minimum absolute atomic E-state index is 0.200. The summed E-state index contributed by atoms with van der Waals surface area (Å²) in [5, 5.41) is 6.91. The number of hydrogen-bond donors (Lipinski definition) is 3. The Morgan fingerprint density at radius 1 is 1.27 bits per heavy atom. The SMILES string of the molecule is Cc1cnccc1NC(=O)NCCc1c[nH]c2ccccc12. The molecule has 0 atom stereocenters. The first-order valence-corrected chi connectivity index (χ1v) is 7.24. The van der Waals surface area contributed by atoms with E-state index in [1.165, 1.54) is 10.9 Å². The van der Waals surface area contributed by atoms with E-state index in [-0.39, 0.29) is 6.03 Å². The van der Waals surface area contributed by atoms with Gasteiger partial charge in [-0.15, -0.1) is 0 Å². The fraction of sp³-hybridized carbons (Fsp3) is 0.176. The van der Waals surface area contributed by atoms with Crippen molar-refractivity contribution < 1.29 is 4.79 Å². The predicted octanol–water partition coefficient (Wildman–Crippen LogP) is 3.24. The summed E-state index contributed by atoms with van der Waals surface area (Å²) >= 11 is 0. The molecule has 5 heteroatoms. The lowest BCUT2D eigenvalue weighted by atomic mass is 10.1. The Morgan fingerprint density at radius 2 is 2.14 bits per heavy atom. The maximum Gasteiger partial charge on any atom is 0.319 e. The molecule has 112 valence electrons. The summed E-state index contributed by atoms with van der Waals surface area (Å²) in [6, 6.07) is 9.74. The van der Waals surface area contributed by atoms with Crippen LogP contribution in [0.4, 0.5) is 10.5 Å². The number of anilines is 1. The zero-order chi connectivity index (χ0) is 15.4. The van der Waals surface area contributed by atoms with E-state index in [1.54, 1.807) is 18.5 Å². The molecule has 0 saturated heterocycles. The van der Waals surface area contributed by atoms with Gasteiger partial charge in [0.1, 0.15) is 0 Å². The van der Waals surface area contributed by atoms with Crippen molar-refractivity contribution in [3.8, 4) is 0 Å². The zero-order valence-electron chi connectivity index (χ0n) is 12.4. The van der Waals surface area contributed by atoms with E-state index >= 15 is 0 Å². The third-order valence-corrected chi connectivity index (χ3v) is 3.62. The Morgan fingerprint density at radius 3 is 3.00 bits per heavy atom. The van der Waals surface area contributed by atoms with Crippen LogP contribution in [-0.4, -0.2) is 22.5 Å².